The molecule has 0 aliphatic heterocycles. The van der Waals surface area contributed by atoms with Crippen LogP contribution in [0.3, 0.4) is 0 Å². The summed E-state index contributed by atoms with van der Waals surface area (Å²) in [4.78, 5) is 74.4. The van der Waals surface area contributed by atoms with Crippen molar-refractivity contribution in [2.45, 2.75) is 71.2 Å². The third kappa shape index (κ3) is 12.4. The van der Waals surface area contributed by atoms with Gasteiger partial charge in [0.25, 0.3) is 0 Å². The highest BCUT2D eigenvalue weighted by atomic mass is 32.1. The van der Waals surface area contributed by atoms with E-state index in [1.165, 1.54) is 6.92 Å². The third-order valence-electron chi connectivity index (χ3n) is 4.37. The molecule has 0 radical (unpaired) electrons. The molecule has 0 aromatic carbocycles. The number of nitrogens with one attached hydrogen (secondary N) is 1. The van der Waals surface area contributed by atoms with Crippen LogP contribution in [0.15, 0.2) is 0 Å². The number of carboxylic acid groups (broad SMARTS) is 1. The minimum atomic E-state index is -1.54. The predicted octanol–water partition coefficient (Wildman–Crippen LogP) is -0.742. The maximum absolute atomic E-state index is 13.3. The number of amides is 2. The van der Waals surface area contributed by atoms with E-state index in [2.05, 4.69) is 17.9 Å². The summed E-state index contributed by atoms with van der Waals surface area (Å²) in [6, 6.07) is -4.13. The van der Waals surface area contributed by atoms with E-state index in [1.807, 2.05) is 0 Å². The van der Waals surface area contributed by atoms with Crippen LogP contribution in [0.2, 0.25) is 0 Å². The zero-order valence-corrected chi connectivity index (χ0v) is 21.2. The Morgan fingerprint density at radius 3 is 2.11 bits per heavy atom. The summed E-state index contributed by atoms with van der Waals surface area (Å²) in [6.07, 6.45) is -1.61. The molecule has 13 nitrogen and oxygen atoms in total. The Balaban J connectivity index is 5.92. The molecule has 0 aliphatic carbocycles. The lowest BCUT2D eigenvalue weighted by molar-refractivity contribution is -0.164. The number of rotatable bonds is 16. The van der Waals surface area contributed by atoms with Crippen LogP contribution in [0.25, 0.3) is 0 Å². The zero-order valence-electron chi connectivity index (χ0n) is 20.4. The van der Waals surface area contributed by atoms with Crippen molar-refractivity contribution in [1.29, 1.82) is 0 Å². The fourth-order valence-corrected chi connectivity index (χ4v) is 3.03. The van der Waals surface area contributed by atoms with Crippen LogP contribution in [0.5, 0.6) is 0 Å². The van der Waals surface area contributed by atoms with Crippen LogP contribution in [-0.2, 0) is 43.0 Å². The van der Waals surface area contributed by atoms with E-state index in [9.17, 15) is 28.8 Å². The third-order valence-corrected chi connectivity index (χ3v) is 4.73. The first kappa shape index (κ1) is 32.1. The minimum Gasteiger partial charge on any atom is -0.480 e. The summed E-state index contributed by atoms with van der Waals surface area (Å²) in [7, 11) is 0. The van der Waals surface area contributed by atoms with Gasteiger partial charge in [-0.15, -0.1) is 0 Å². The van der Waals surface area contributed by atoms with Crippen molar-refractivity contribution in [1.82, 2.24) is 10.2 Å². The van der Waals surface area contributed by atoms with Crippen LogP contribution < -0.4 is 11.1 Å². The van der Waals surface area contributed by atoms with Gasteiger partial charge in [0.15, 0.2) is 0 Å². The van der Waals surface area contributed by atoms with Crippen molar-refractivity contribution in [2.75, 3.05) is 25.5 Å². The molecule has 2 amide bonds. The van der Waals surface area contributed by atoms with Crippen LogP contribution in [0.1, 0.15) is 47.0 Å². The Morgan fingerprint density at radius 2 is 1.63 bits per heavy atom. The zero-order chi connectivity index (χ0) is 27.1. The lowest BCUT2D eigenvalue weighted by Gasteiger charge is -2.32. The fraction of sp³-hybridized carbons (Fsp3) is 0.714. The quantitative estimate of drug-likeness (QED) is 0.114. The number of carbonyl (C=O) groups is 6. The van der Waals surface area contributed by atoms with Crippen molar-refractivity contribution in [2.24, 2.45) is 5.73 Å². The molecule has 0 aliphatic rings. The molecular formula is C21H35N3O10S. The molecular weight excluding hydrogens is 486 g/mol. The molecule has 200 valence electrons. The molecule has 3 atom stereocenters. The van der Waals surface area contributed by atoms with Gasteiger partial charge in [0.2, 0.25) is 11.8 Å². The molecule has 14 heteroatoms. The monoisotopic (exact) mass is 521 g/mol. The smallest absolute Gasteiger partial charge is 0.329 e. The number of carbonyl (C=O) groups excluding carboxylic acids is 5. The standard InChI is InChI=1S/C21H35N3O10S/c1-5-32-17(26)9-15(21(31)33-6-2)24(10-18(27)34-12(3)4)19(28)14(11-35)23-16(25)8-7-13(22)20(29)30/h12-15,35H,5-11,22H2,1-4H3,(H,23,25)(H,29,30)/t13-,14-,15-/m0/s1. The summed E-state index contributed by atoms with van der Waals surface area (Å²) in [5.74, 6) is -5.75. The number of esters is 3. The average molecular weight is 522 g/mol. The minimum absolute atomic E-state index is 0.0194. The second kappa shape index (κ2) is 16.7. The number of hydrogen-bond donors (Lipinski definition) is 4. The molecule has 0 rings (SSSR count). The molecule has 0 spiro atoms. The second-order valence-corrected chi connectivity index (χ2v) is 7.93. The van der Waals surface area contributed by atoms with Crippen molar-refractivity contribution < 1.29 is 48.1 Å². The molecule has 0 unspecified atom stereocenters. The van der Waals surface area contributed by atoms with E-state index in [4.69, 9.17) is 25.1 Å². The summed E-state index contributed by atoms with van der Waals surface area (Å²) in [5.41, 5.74) is 5.39. The van der Waals surface area contributed by atoms with Crippen LogP contribution >= 0.6 is 12.6 Å². The van der Waals surface area contributed by atoms with E-state index in [-0.39, 0.29) is 31.8 Å². The first-order chi connectivity index (χ1) is 16.4. The SMILES string of the molecule is CCOC(=O)C[C@@H](C(=O)OCC)N(CC(=O)OC(C)C)C(=O)[C@H](CS)NC(=O)CC[C@H](N)C(=O)O. The van der Waals surface area contributed by atoms with E-state index < -0.39 is 72.9 Å². The normalized spacial score (nSPS) is 13.2. The highest BCUT2D eigenvalue weighted by molar-refractivity contribution is 7.80. The van der Waals surface area contributed by atoms with Gasteiger partial charge in [-0.3, -0.25) is 24.0 Å². The molecule has 4 N–H and O–H groups in total. The Hall–Kier alpha value is -2.87. The number of thiol groups is 1. The van der Waals surface area contributed by atoms with Crippen LogP contribution in [0.4, 0.5) is 0 Å². The number of ether oxygens (including phenoxy) is 3. The van der Waals surface area contributed by atoms with Crippen LogP contribution in [0, 0.1) is 0 Å². The predicted molar refractivity (Wildman–Crippen MR) is 125 cm³/mol. The van der Waals surface area contributed by atoms with Crippen molar-refractivity contribution in [3.63, 3.8) is 0 Å². The highest BCUT2D eigenvalue weighted by Crippen LogP contribution is 2.13. The largest absolute Gasteiger partial charge is 0.480 e. The van der Waals surface area contributed by atoms with Gasteiger partial charge in [-0.2, -0.15) is 12.6 Å². The summed E-state index contributed by atoms with van der Waals surface area (Å²) < 4.78 is 14.9. The lowest BCUT2D eigenvalue weighted by atomic mass is 10.1. The Kier molecular flexibility index (Phi) is 15.3. The molecule has 35 heavy (non-hydrogen) atoms. The lowest BCUT2D eigenvalue weighted by Crippen LogP contribution is -2.57. The van der Waals surface area contributed by atoms with E-state index in [1.54, 1.807) is 20.8 Å². The van der Waals surface area contributed by atoms with Gasteiger partial charge in [-0.1, -0.05) is 0 Å². The van der Waals surface area contributed by atoms with Crippen LogP contribution in [-0.4, -0.2) is 95.4 Å². The van der Waals surface area contributed by atoms with Gasteiger partial charge in [0.1, 0.15) is 24.7 Å². The van der Waals surface area contributed by atoms with Gasteiger partial charge < -0.3 is 35.3 Å². The van der Waals surface area contributed by atoms with Gasteiger partial charge in [-0.05, 0) is 34.1 Å². The molecule has 0 heterocycles. The first-order valence-electron chi connectivity index (χ1n) is 11.1. The number of aliphatic carboxylic acids is 1. The summed E-state index contributed by atoms with van der Waals surface area (Å²) >= 11 is 4.07. The maximum Gasteiger partial charge on any atom is 0.329 e. The van der Waals surface area contributed by atoms with Crippen molar-refractivity contribution in [3.05, 3.63) is 0 Å². The molecule has 0 aromatic rings. The molecule has 0 bridgehead atoms. The van der Waals surface area contributed by atoms with Gasteiger partial charge in [-0.25, -0.2) is 4.79 Å². The van der Waals surface area contributed by atoms with E-state index >= 15 is 0 Å². The Morgan fingerprint density at radius 1 is 1.03 bits per heavy atom. The summed E-state index contributed by atoms with van der Waals surface area (Å²) in [6.45, 7) is 5.50. The number of hydrogen-bond acceptors (Lipinski definition) is 11. The van der Waals surface area contributed by atoms with Crippen molar-refractivity contribution in [3.8, 4) is 0 Å². The van der Waals surface area contributed by atoms with Crippen molar-refractivity contribution >= 4 is 48.3 Å². The number of nitrogens with two attached hydrogens (primary N) is 1. The fourth-order valence-electron chi connectivity index (χ4n) is 2.78. The Labute approximate surface area is 209 Å². The van der Waals surface area contributed by atoms with E-state index in [0.717, 1.165) is 4.90 Å². The summed E-state index contributed by atoms with van der Waals surface area (Å²) in [5, 5.41) is 11.2. The van der Waals surface area contributed by atoms with Gasteiger partial charge in [0, 0.05) is 12.2 Å². The number of carboxylic acids is 1. The molecule has 0 aromatic heterocycles. The molecule has 0 saturated carbocycles. The average Bonchev–Trinajstić information content (AvgIpc) is 2.77. The maximum atomic E-state index is 13.3. The van der Waals surface area contributed by atoms with E-state index in [0.29, 0.717) is 0 Å². The topological polar surface area (TPSA) is 192 Å². The van der Waals surface area contributed by atoms with Gasteiger partial charge >= 0.3 is 23.9 Å². The number of nitrogens with zero attached hydrogens (tertiary/aromatic N) is 1. The molecule has 0 saturated heterocycles. The highest BCUT2D eigenvalue weighted by Gasteiger charge is 2.38. The van der Waals surface area contributed by atoms with Gasteiger partial charge in [0.05, 0.1) is 25.7 Å². The Bertz CT molecular complexity index is 762. The first-order valence-corrected chi connectivity index (χ1v) is 11.7. The second-order valence-electron chi connectivity index (χ2n) is 7.57. The molecule has 0 fully saturated rings.